The van der Waals surface area contributed by atoms with Crippen molar-refractivity contribution in [2.75, 3.05) is 19.0 Å². The maximum absolute atomic E-state index is 13.1. The average molecular weight is 327 g/mol. The Morgan fingerprint density at radius 3 is 2.29 bits per heavy atom. The quantitative estimate of drug-likeness (QED) is 0.870. The first-order valence-electron chi connectivity index (χ1n) is 7.54. The lowest BCUT2D eigenvalue weighted by atomic mass is 10.1. The van der Waals surface area contributed by atoms with Crippen molar-refractivity contribution in [3.8, 4) is 0 Å². The van der Waals surface area contributed by atoms with E-state index in [1.807, 2.05) is 43.3 Å². The standard InChI is InChI=1S/C18H18FN3O2/c1-12(23)22-18(14-6-10-16(11-7-14)21(2)3)24-17(20-22)13-4-8-15(19)9-5-13/h4-11,18H,1-3H3. The van der Waals surface area contributed by atoms with Crippen LogP contribution in [-0.4, -0.2) is 30.9 Å². The van der Waals surface area contributed by atoms with E-state index in [-0.39, 0.29) is 11.7 Å². The summed E-state index contributed by atoms with van der Waals surface area (Å²) in [6.45, 7) is 1.43. The maximum atomic E-state index is 13.1. The van der Waals surface area contributed by atoms with E-state index in [0.29, 0.717) is 11.5 Å². The van der Waals surface area contributed by atoms with Crippen LogP contribution >= 0.6 is 0 Å². The van der Waals surface area contributed by atoms with Gasteiger partial charge in [-0.1, -0.05) is 12.1 Å². The molecular formula is C18H18FN3O2. The molecule has 0 fully saturated rings. The highest BCUT2D eigenvalue weighted by Crippen LogP contribution is 2.31. The smallest absolute Gasteiger partial charge is 0.243 e. The molecule has 124 valence electrons. The van der Waals surface area contributed by atoms with E-state index >= 15 is 0 Å². The second-order valence-corrected chi connectivity index (χ2v) is 5.73. The molecule has 5 nitrogen and oxygen atoms in total. The Kier molecular flexibility index (Phi) is 4.20. The van der Waals surface area contributed by atoms with E-state index in [1.165, 1.54) is 24.1 Å². The highest BCUT2D eigenvalue weighted by atomic mass is 19.1. The number of ether oxygens (including phenoxy) is 1. The van der Waals surface area contributed by atoms with Crippen LogP contribution in [-0.2, 0) is 9.53 Å². The first-order chi connectivity index (χ1) is 11.5. The third kappa shape index (κ3) is 3.08. The highest BCUT2D eigenvalue weighted by Gasteiger charge is 2.33. The van der Waals surface area contributed by atoms with Crippen LogP contribution in [0.1, 0.15) is 24.3 Å². The zero-order valence-electron chi connectivity index (χ0n) is 13.7. The van der Waals surface area contributed by atoms with Crippen molar-refractivity contribution < 1.29 is 13.9 Å². The largest absolute Gasteiger partial charge is 0.446 e. The van der Waals surface area contributed by atoms with Gasteiger partial charge in [-0.05, 0) is 36.4 Å². The SMILES string of the molecule is CC(=O)N1N=C(c2ccc(F)cc2)OC1c1ccc(N(C)C)cc1. The molecule has 0 saturated carbocycles. The number of hydrazone groups is 1. The number of anilines is 1. The first kappa shape index (κ1) is 16.0. The zero-order chi connectivity index (χ0) is 17.3. The predicted octanol–water partition coefficient (Wildman–Crippen LogP) is 3.13. The van der Waals surface area contributed by atoms with Gasteiger partial charge in [-0.25, -0.2) is 4.39 Å². The Morgan fingerprint density at radius 2 is 1.75 bits per heavy atom. The third-order valence-electron chi connectivity index (χ3n) is 3.75. The molecule has 0 spiro atoms. The molecule has 0 aliphatic carbocycles. The average Bonchev–Trinajstić information content (AvgIpc) is 3.01. The predicted molar refractivity (Wildman–Crippen MR) is 90.1 cm³/mol. The van der Waals surface area contributed by atoms with Crippen molar-refractivity contribution in [1.29, 1.82) is 0 Å². The zero-order valence-corrected chi connectivity index (χ0v) is 13.7. The molecule has 1 atom stereocenters. The van der Waals surface area contributed by atoms with Crippen LogP contribution in [0.2, 0.25) is 0 Å². The Morgan fingerprint density at radius 1 is 1.12 bits per heavy atom. The summed E-state index contributed by atoms with van der Waals surface area (Å²) >= 11 is 0. The fourth-order valence-electron chi connectivity index (χ4n) is 2.43. The lowest BCUT2D eigenvalue weighted by Gasteiger charge is -2.20. The van der Waals surface area contributed by atoms with E-state index in [4.69, 9.17) is 4.74 Å². The molecule has 0 bridgehead atoms. The molecule has 3 rings (SSSR count). The molecule has 1 aliphatic heterocycles. The van der Waals surface area contributed by atoms with E-state index in [2.05, 4.69) is 5.10 Å². The number of carbonyl (C=O) groups excluding carboxylic acids is 1. The Balaban J connectivity index is 1.89. The molecule has 24 heavy (non-hydrogen) atoms. The fraction of sp³-hybridized carbons (Fsp3) is 0.222. The molecule has 1 aliphatic rings. The second-order valence-electron chi connectivity index (χ2n) is 5.73. The molecule has 0 saturated heterocycles. The minimum absolute atomic E-state index is 0.228. The van der Waals surface area contributed by atoms with Gasteiger partial charge in [-0.2, -0.15) is 5.01 Å². The van der Waals surface area contributed by atoms with Crippen LogP contribution in [0.5, 0.6) is 0 Å². The van der Waals surface area contributed by atoms with Crippen LogP contribution < -0.4 is 4.90 Å². The number of hydrogen-bond acceptors (Lipinski definition) is 4. The summed E-state index contributed by atoms with van der Waals surface area (Å²) < 4.78 is 18.9. The van der Waals surface area contributed by atoms with E-state index in [9.17, 15) is 9.18 Å². The minimum atomic E-state index is -0.626. The Hall–Kier alpha value is -2.89. The van der Waals surface area contributed by atoms with Gasteiger partial charge in [-0.15, -0.1) is 5.10 Å². The van der Waals surface area contributed by atoms with Gasteiger partial charge in [0.05, 0.1) is 0 Å². The summed E-state index contributed by atoms with van der Waals surface area (Å²) in [7, 11) is 3.91. The number of rotatable bonds is 3. The number of carbonyl (C=O) groups is 1. The molecule has 0 N–H and O–H groups in total. The molecule has 1 heterocycles. The molecule has 2 aromatic rings. The summed E-state index contributed by atoms with van der Waals surface area (Å²) in [6.07, 6.45) is -0.626. The number of nitrogens with zero attached hydrogens (tertiary/aromatic N) is 3. The molecule has 0 radical (unpaired) electrons. The van der Waals surface area contributed by atoms with Crippen molar-refractivity contribution in [3.05, 3.63) is 65.5 Å². The molecule has 0 aromatic heterocycles. The van der Waals surface area contributed by atoms with Gasteiger partial charge in [0.2, 0.25) is 18.0 Å². The maximum Gasteiger partial charge on any atom is 0.243 e. The third-order valence-corrected chi connectivity index (χ3v) is 3.75. The van der Waals surface area contributed by atoms with E-state index in [0.717, 1.165) is 11.3 Å². The lowest BCUT2D eigenvalue weighted by molar-refractivity contribution is -0.135. The molecule has 6 heteroatoms. The van der Waals surface area contributed by atoms with Crippen LogP contribution in [0.3, 0.4) is 0 Å². The summed E-state index contributed by atoms with van der Waals surface area (Å²) in [4.78, 5) is 13.9. The van der Waals surface area contributed by atoms with Crippen molar-refractivity contribution in [2.24, 2.45) is 5.10 Å². The van der Waals surface area contributed by atoms with E-state index < -0.39 is 6.23 Å². The van der Waals surface area contributed by atoms with Crippen molar-refractivity contribution in [3.63, 3.8) is 0 Å². The summed E-state index contributed by atoms with van der Waals surface area (Å²) in [5, 5.41) is 5.54. The summed E-state index contributed by atoms with van der Waals surface area (Å²) in [6, 6.07) is 13.5. The monoisotopic (exact) mass is 327 g/mol. The van der Waals surface area contributed by atoms with Crippen LogP contribution in [0.4, 0.5) is 10.1 Å². The second kappa shape index (κ2) is 6.31. The van der Waals surface area contributed by atoms with Gasteiger partial charge in [0.1, 0.15) is 5.82 Å². The minimum Gasteiger partial charge on any atom is -0.446 e. The van der Waals surface area contributed by atoms with Gasteiger partial charge in [0.25, 0.3) is 0 Å². The lowest BCUT2D eigenvalue weighted by Crippen LogP contribution is -2.25. The number of benzene rings is 2. The highest BCUT2D eigenvalue weighted by molar-refractivity contribution is 5.96. The van der Waals surface area contributed by atoms with Crippen LogP contribution in [0.25, 0.3) is 0 Å². The molecule has 2 aromatic carbocycles. The van der Waals surface area contributed by atoms with Crippen LogP contribution in [0.15, 0.2) is 53.6 Å². The number of hydrogen-bond donors (Lipinski definition) is 0. The first-order valence-corrected chi connectivity index (χ1v) is 7.54. The molecular weight excluding hydrogens is 309 g/mol. The Labute approximate surface area is 139 Å². The molecule has 1 amide bonds. The Bertz CT molecular complexity index is 770. The fourth-order valence-corrected chi connectivity index (χ4v) is 2.43. The van der Waals surface area contributed by atoms with Gasteiger partial charge < -0.3 is 9.64 Å². The van der Waals surface area contributed by atoms with Gasteiger partial charge in [0.15, 0.2) is 0 Å². The van der Waals surface area contributed by atoms with Crippen molar-refractivity contribution >= 4 is 17.5 Å². The van der Waals surface area contributed by atoms with Crippen molar-refractivity contribution in [1.82, 2.24) is 5.01 Å². The van der Waals surface area contributed by atoms with Crippen molar-refractivity contribution in [2.45, 2.75) is 13.2 Å². The van der Waals surface area contributed by atoms with Gasteiger partial charge in [0, 0.05) is 37.8 Å². The number of amides is 1. The van der Waals surface area contributed by atoms with Crippen LogP contribution in [0, 0.1) is 5.82 Å². The van der Waals surface area contributed by atoms with Gasteiger partial charge >= 0.3 is 0 Å². The topological polar surface area (TPSA) is 45.1 Å². The normalized spacial score (nSPS) is 16.6. The number of halogens is 1. The van der Waals surface area contributed by atoms with E-state index in [1.54, 1.807) is 12.1 Å². The summed E-state index contributed by atoms with van der Waals surface area (Å²) in [5.74, 6) is -0.266. The molecule has 1 unspecified atom stereocenters. The summed E-state index contributed by atoms with van der Waals surface area (Å²) in [5.41, 5.74) is 2.48. The van der Waals surface area contributed by atoms with Gasteiger partial charge in [-0.3, -0.25) is 4.79 Å².